The van der Waals surface area contributed by atoms with Gasteiger partial charge in [-0.25, -0.2) is 4.39 Å². The highest BCUT2D eigenvalue weighted by Crippen LogP contribution is 2.46. The zero-order chi connectivity index (χ0) is 20.4. The van der Waals surface area contributed by atoms with E-state index in [1.807, 2.05) is 29.2 Å². The lowest BCUT2D eigenvalue weighted by Gasteiger charge is -2.37. The van der Waals surface area contributed by atoms with Gasteiger partial charge in [0.1, 0.15) is 11.6 Å². The minimum Gasteiger partial charge on any atom is -0.497 e. The van der Waals surface area contributed by atoms with Gasteiger partial charge in [0.2, 0.25) is 5.91 Å². The Morgan fingerprint density at radius 1 is 1.21 bits per heavy atom. The second-order valence-corrected chi connectivity index (χ2v) is 7.96. The van der Waals surface area contributed by atoms with Gasteiger partial charge in [-0.3, -0.25) is 9.59 Å². The second-order valence-electron chi connectivity index (χ2n) is 7.96. The summed E-state index contributed by atoms with van der Waals surface area (Å²) in [5.74, 6) is 0.170. The van der Waals surface area contributed by atoms with Crippen LogP contribution in [0.4, 0.5) is 10.1 Å². The van der Waals surface area contributed by atoms with Crippen molar-refractivity contribution in [2.45, 2.75) is 38.1 Å². The zero-order valence-corrected chi connectivity index (χ0v) is 16.5. The van der Waals surface area contributed by atoms with E-state index in [2.05, 4.69) is 5.32 Å². The highest BCUT2D eigenvalue weighted by atomic mass is 19.1. The van der Waals surface area contributed by atoms with Crippen molar-refractivity contribution in [3.05, 3.63) is 59.9 Å². The molecule has 1 heterocycles. The summed E-state index contributed by atoms with van der Waals surface area (Å²) < 4.78 is 18.6. The Labute approximate surface area is 169 Å². The van der Waals surface area contributed by atoms with Gasteiger partial charge >= 0.3 is 0 Å². The fraction of sp³-hybridized carbons (Fsp3) is 0.391. The Bertz CT molecular complexity index is 915. The normalized spacial score (nSPS) is 24.0. The summed E-state index contributed by atoms with van der Waals surface area (Å²) in [6.07, 6.45) is 3.96. The van der Waals surface area contributed by atoms with Gasteiger partial charge in [0.05, 0.1) is 12.5 Å². The Morgan fingerprint density at radius 2 is 2.00 bits per heavy atom. The van der Waals surface area contributed by atoms with Crippen LogP contribution < -0.4 is 15.0 Å². The number of benzene rings is 2. The maximum Gasteiger partial charge on any atom is 0.251 e. The van der Waals surface area contributed by atoms with E-state index in [9.17, 15) is 14.0 Å². The number of methoxy groups -OCH3 is 1. The largest absolute Gasteiger partial charge is 0.497 e. The van der Waals surface area contributed by atoms with Gasteiger partial charge in [0.25, 0.3) is 5.91 Å². The smallest absolute Gasteiger partial charge is 0.251 e. The van der Waals surface area contributed by atoms with Crippen LogP contribution in [0.5, 0.6) is 5.75 Å². The predicted molar refractivity (Wildman–Crippen MR) is 109 cm³/mol. The third-order valence-corrected chi connectivity index (χ3v) is 6.16. The van der Waals surface area contributed by atoms with Crippen molar-refractivity contribution in [2.24, 2.45) is 5.41 Å². The lowest BCUT2D eigenvalue weighted by atomic mass is 9.71. The maximum atomic E-state index is 13.4. The molecule has 0 radical (unpaired) electrons. The summed E-state index contributed by atoms with van der Waals surface area (Å²) in [5.41, 5.74) is 0.749. The van der Waals surface area contributed by atoms with Crippen molar-refractivity contribution in [3.63, 3.8) is 0 Å². The summed E-state index contributed by atoms with van der Waals surface area (Å²) in [4.78, 5) is 27.7. The lowest BCUT2D eigenvalue weighted by molar-refractivity contribution is -0.127. The molecule has 2 aromatic carbocycles. The summed E-state index contributed by atoms with van der Waals surface area (Å²) in [6.45, 7) is 0.676. The van der Waals surface area contributed by atoms with E-state index in [1.54, 1.807) is 13.2 Å². The third kappa shape index (κ3) is 3.84. The van der Waals surface area contributed by atoms with Crippen molar-refractivity contribution in [1.29, 1.82) is 0 Å². The van der Waals surface area contributed by atoms with E-state index in [0.29, 0.717) is 18.5 Å². The van der Waals surface area contributed by atoms with Crippen molar-refractivity contribution in [3.8, 4) is 5.75 Å². The highest BCUT2D eigenvalue weighted by Gasteiger charge is 2.49. The van der Waals surface area contributed by atoms with Crippen molar-refractivity contribution in [2.75, 3.05) is 18.6 Å². The molecule has 2 fully saturated rings. The molecule has 2 amide bonds. The number of carbonyl (C=O) groups is 2. The average molecular weight is 396 g/mol. The Kier molecular flexibility index (Phi) is 5.26. The molecular weight excluding hydrogens is 371 g/mol. The van der Waals surface area contributed by atoms with Crippen LogP contribution in [0, 0.1) is 11.2 Å². The molecule has 0 bridgehead atoms. The van der Waals surface area contributed by atoms with Crippen molar-refractivity contribution < 1.29 is 18.7 Å². The molecule has 2 aliphatic rings. The predicted octanol–water partition coefficient (Wildman–Crippen LogP) is 3.93. The van der Waals surface area contributed by atoms with E-state index >= 15 is 0 Å². The SMILES string of the molecule is COc1ccc(N2CC[C@]3(CCC[C@H](NC(=O)c4cccc(F)c4)C3)C2=O)cc1. The summed E-state index contributed by atoms with van der Waals surface area (Å²) in [5, 5.41) is 3.01. The summed E-state index contributed by atoms with van der Waals surface area (Å²) >= 11 is 0. The van der Waals surface area contributed by atoms with E-state index in [4.69, 9.17) is 4.74 Å². The first-order chi connectivity index (χ1) is 14.0. The van der Waals surface area contributed by atoms with E-state index in [1.165, 1.54) is 18.2 Å². The number of hydrogen-bond donors (Lipinski definition) is 1. The molecule has 1 saturated heterocycles. The number of carbonyl (C=O) groups excluding carboxylic acids is 2. The fourth-order valence-corrected chi connectivity index (χ4v) is 4.63. The van der Waals surface area contributed by atoms with Gasteiger partial charge in [-0.1, -0.05) is 12.5 Å². The van der Waals surface area contributed by atoms with Gasteiger partial charge in [-0.2, -0.15) is 0 Å². The van der Waals surface area contributed by atoms with Crippen molar-refractivity contribution >= 4 is 17.5 Å². The van der Waals surface area contributed by atoms with Crippen LogP contribution in [0.1, 0.15) is 42.5 Å². The number of nitrogens with one attached hydrogen (secondary N) is 1. The van der Waals surface area contributed by atoms with E-state index < -0.39 is 11.2 Å². The molecule has 1 saturated carbocycles. The van der Waals surface area contributed by atoms with E-state index in [0.717, 1.165) is 37.1 Å². The molecule has 152 valence electrons. The van der Waals surface area contributed by atoms with Crippen LogP contribution in [0.2, 0.25) is 0 Å². The molecule has 1 N–H and O–H groups in total. The molecule has 2 aromatic rings. The average Bonchev–Trinajstić information content (AvgIpc) is 3.03. The van der Waals surface area contributed by atoms with Crippen LogP contribution in [-0.4, -0.2) is 31.5 Å². The second kappa shape index (κ2) is 7.85. The van der Waals surface area contributed by atoms with Crippen LogP contribution in [0.3, 0.4) is 0 Å². The highest BCUT2D eigenvalue weighted by molar-refractivity contribution is 6.00. The molecule has 1 spiro atoms. The molecule has 1 aliphatic carbocycles. The summed E-state index contributed by atoms with van der Waals surface area (Å²) in [7, 11) is 1.62. The number of ether oxygens (including phenoxy) is 1. The first-order valence-corrected chi connectivity index (χ1v) is 10.0. The maximum absolute atomic E-state index is 13.4. The van der Waals surface area contributed by atoms with Crippen LogP contribution in [0.15, 0.2) is 48.5 Å². The lowest BCUT2D eigenvalue weighted by Crippen LogP contribution is -2.46. The van der Waals surface area contributed by atoms with Gasteiger partial charge in [0.15, 0.2) is 0 Å². The number of rotatable bonds is 4. The van der Waals surface area contributed by atoms with Gasteiger partial charge in [-0.15, -0.1) is 0 Å². The number of nitrogens with zero attached hydrogens (tertiary/aromatic N) is 1. The van der Waals surface area contributed by atoms with E-state index in [-0.39, 0.29) is 17.9 Å². The Hall–Kier alpha value is -2.89. The Balaban J connectivity index is 1.45. The van der Waals surface area contributed by atoms with Gasteiger partial charge in [0, 0.05) is 23.8 Å². The first kappa shape index (κ1) is 19.4. The molecule has 1 aliphatic heterocycles. The zero-order valence-electron chi connectivity index (χ0n) is 16.5. The van der Waals surface area contributed by atoms with Crippen LogP contribution in [-0.2, 0) is 4.79 Å². The minimum absolute atomic E-state index is 0.0840. The quantitative estimate of drug-likeness (QED) is 0.852. The number of amides is 2. The molecule has 0 unspecified atom stereocenters. The van der Waals surface area contributed by atoms with Gasteiger partial charge < -0.3 is 15.0 Å². The molecule has 4 rings (SSSR count). The van der Waals surface area contributed by atoms with Crippen LogP contribution in [0.25, 0.3) is 0 Å². The van der Waals surface area contributed by atoms with Crippen molar-refractivity contribution in [1.82, 2.24) is 5.32 Å². The Morgan fingerprint density at radius 3 is 2.72 bits per heavy atom. The third-order valence-electron chi connectivity index (χ3n) is 6.16. The number of hydrogen-bond acceptors (Lipinski definition) is 3. The number of anilines is 1. The van der Waals surface area contributed by atoms with Crippen LogP contribution >= 0.6 is 0 Å². The minimum atomic E-state index is -0.432. The molecule has 6 heteroatoms. The molecule has 29 heavy (non-hydrogen) atoms. The molecule has 5 nitrogen and oxygen atoms in total. The molecule has 0 aromatic heterocycles. The van der Waals surface area contributed by atoms with Gasteiger partial charge in [-0.05, 0) is 68.1 Å². The number of halogens is 1. The fourth-order valence-electron chi connectivity index (χ4n) is 4.63. The topological polar surface area (TPSA) is 58.6 Å². The summed E-state index contributed by atoms with van der Waals surface area (Å²) in [6, 6.07) is 13.1. The standard InChI is InChI=1S/C23H25FN2O3/c1-29-20-9-7-19(8-10-20)26-13-12-23(22(26)28)11-3-6-18(15-23)25-21(27)16-4-2-5-17(24)14-16/h2,4-5,7-10,14,18H,3,6,11-13,15H2,1H3,(H,25,27)/t18-,23-/m0/s1. The molecule has 2 atom stereocenters. The first-order valence-electron chi connectivity index (χ1n) is 10.0. The molecular formula is C23H25FN2O3. The monoisotopic (exact) mass is 396 g/mol.